The van der Waals surface area contributed by atoms with Gasteiger partial charge in [0.1, 0.15) is 9.85 Å². The summed E-state index contributed by atoms with van der Waals surface area (Å²) < 4.78 is 1.52. The zero-order valence-corrected chi connectivity index (χ0v) is 14.4. The number of rotatable bonds is 4. The predicted molar refractivity (Wildman–Crippen MR) is 100 cm³/mol. The van der Waals surface area contributed by atoms with Crippen LogP contribution < -0.4 is 0 Å². The van der Waals surface area contributed by atoms with Crippen LogP contribution in [-0.4, -0.2) is 10.1 Å². The van der Waals surface area contributed by atoms with Gasteiger partial charge in [-0.05, 0) is 35.4 Å². The van der Waals surface area contributed by atoms with Crippen molar-refractivity contribution in [2.45, 2.75) is 6.10 Å². The molecule has 0 spiro atoms. The van der Waals surface area contributed by atoms with Crippen LogP contribution in [0, 0.1) is 0 Å². The van der Waals surface area contributed by atoms with Crippen LogP contribution in [0.3, 0.4) is 0 Å². The Morgan fingerprint density at radius 3 is 2.78 bits per heavy atom. The average Bonchev–Trinajstić information content (AvgIpc) is 2.87. The van der Waals surface area contributed by atoms with E-state index in [0.29, 0.717) is 9.36 Å². The van der Waals surface area contributed by atoms with E-state index < -0.39 is 6.10 Å². The molecule has 3 rings (SSSR count). The fourth-order valence-electron chi connectivity index (χ4n) is 2.19. The third-order valence-corrected chi connectivity index (χ3v) is 5.31. The molecule has 0 aliphatic carbocycles. The van der Waals surface area contributed by atoms with Crippen molar-refractivity contribution in [3.05, 3.63) is 75.2 Å². The molecule has 1 atom stereocenters. The lowest BCUT2D eigenvalue weighted by atomic mass is 10.1. The first-order valence-corrected chi connectivity index (χ1v) is 8.49. The molecule has 116 valence electrons. The average molecular weight is 362 g/mol. The van der Waals surface area contributed by atoms with Crippen LogP contribution in [0.4, 0.5) is 0 Å². The molecule has 5 heteroatoms. The number of fused-ring (bicyclic) bond motifs is 1. The van der Waals surface area contributed by atoms with Crippen molar-refractivity contribution in [3.63, 3.8) is 0 Å². The first-order chi connectivity index (χ1) is 11.1. The van der Waals surface area contributed by atoms with Crippen molar-refractivity contribution in [1.82, 2.24) is 4.98 Å². The Morgan fingerprint density at radius 2 is 2.00 bits per heavy atom. The molecule has 0 saturated heterocycles. The van der Waals surface area contributed by atoms with E-state index in [2.05, 4.69) is 11.6 Å². The molecule has 1 aromatic carbocycles. The number of aromatic nitrogens is 1. The quantitative estimate of drug-likeness (QED) is 0.578. The van der Waals surface area contributed by atoms with Gasteiger partial charge in [-0.25, -0.2) is 4.98 Å². The number of thiophene rings is 1. The Kier molecular flexibility index (Phi) is 4.83. The maximum atomic E-state index is 9.81. The number of benzene rings is 1. The van der Waals surface area contributed by atoms with E-state index in [0.717, 1.165) is 27.0 Å². The van der Waals surface area contributed by atoms with E-state index in [1.54, 1.807) is 0 Å². The Hall–Kier alpha value is -1.65. The van der Waals surface area contributed by atoms with Gasteiger partial charge in [0.2, 0.25) is 0 Å². The minimum Gasteiger partial charge on any atom is -0.384 e. The molecule has 0 fully saturated rings. The Labute approximate surface area is 148 Å². The van der Waals surface area contributed by atoms with E-state index in [-0.39, 0.29) is 0 Å². The SMILES string of the molecule is C=CC(O)c1cccc(/C=C/c2ccc3sc(Cl)c(Cl)c3n2)c1. The number of aliphatic hydroxyl groups is 1. The standard InChI is InChI=1S/C18H13Cl2NOS/c1-2-14(22)12-5-3-4-11(10-12)6-7-13-8-9-15-17(21-13)16(19)18(20)23-15/h2-10,14,22H,1H2/b7-6+. The van der Waals surface area contributed by atoms with Gasteiger partial charge in [0, 0.05) is 0 Å². The first-order valence-electron chi connectivity index (χ1n) is 6.91. The molecule has 0 radical (unpaired) electrons. The molecule has 2 aromatic heterocycles. The van der Waals surface area contributed by atoms with Crippen LogP contribution in [-0.2, 0) is 0 Å². The lowest BCUT2D eigenvalue weighted by Crippen LogP contribution is -1.92. The van der Waals surface area contributed by atoms with E-state index in [4.69, 9.17) is 23.2 Å². The second-order valence-electron chi connectivity index (χ2n) is 4.96. The summed E-state index contributed by atoms with van der Waals surface area (Å²) in [6, 6.07) is 11.5. The first kappa shape index (κ1) is 16.2. The van der Waals surface area contributed by atoms with Gasteiger partial charge in [-0.3, -0.25) is 0 Å². The van der Waals surface area contributed by atoms with E-state index in [9.17, 15) is 5.11 Å². The number of nitrogens with zero attached hydrogens (tertiary/aromatic N) is 1. The van der Waals surface area contributed by atoms with Gasteiger partial charge in [0.25, 0.3) is 0 Å². The molecule has 2 heterocycles. The fraction of sp³-hybridized carbons (Fsp3) is 0.0556. The van der Waals surface area contributed by atoms with Gasteiger partial charge in [-0.1, -0.05) is 53.6 Å². The summed E-state index contributed by atoms with van der Waals surface area (Å²) in [5.74, 6) is 0. The van der Waals surface area contributed by atoms with Crippen LogP contribution in [0.15, 0.2) is 49.1 Å². The number of hydrogen-bond acceptors (Lipinski definition) is 3. The summed E-state index contributed by atoms with van der Waals surface area (Å²) in [7, 11) is 0. The second kappa shape index (κ2) is 6.85. The van der Waals surface area contributed by atoms with E-state index in [1.165, 1.54) is 17.4 Å². The van der Waals surface area contributed by atoms with Gasteiger partial charge >= 0.3 is 0 Å². The van der Waals surface area contributed by atoms with Crippen LogP contribution in [0.25, 0.3) is 22.4 Å². The molecule has 0 bridgehead atoms. The van der Waals surface area contributed by atoms with Crippen molar-refractivity contribution in [2.75, 3.05) is 0 Å². The topological polar surface area (TPSA) is 33.1 Å². The normalized spacial score (nSPS) is 12.8. The van der Waals surface area contributed by atoms with Crippen molar-refractivity contribution < 1.29 is 5.11 Å². The molecule has 0 aliphatic rings. The highest BCUT2D eigenvalue weighted by Gasteiger charge is 2.09. The summed E-state index contributed by atoms with van der Waals surface area (Å²) in [5, 5.41) is 10.3. The number of aliphatic hydroxyl groups excluding tert-OH is 1. The number of pyridine rings is 1. The zero-order valence-electron chi connectivity index (χ0n) is 12.0. The monoisotopic (exact) mass is 361 g/mol. The van der Waals surface area contributed by atoms with Crippen molar-refractivity contribution >= 4 is 56.9 Å². The molecule has 1 N–H and O–H groups in total. The fourth-order valence-corrected chi connectivity index (χ4v) is 3.61. The Morgan fingerprint density at radius 1 is 1.17 bits per heavy atom. The third kappa shape index (κ3) is 3.48. The molecule has 0 amide bonds. The Balaban J connectivity index is 1.90. The Bertz CT molecular complexity index is 901. The van der Waals surface area contributed by atoms with Gasteiger partial charge in [-0.2, -0.15) is 0 Å². The van der Waals surface area contributed by atoms with Crippen molar-refractivity contribution in [3.8, 4) is 0 Å². The number of halogens is 2. The van der Waals surface area contributed by atoms with Gasteiger partial charge in [0.15, 0.2) is 0 Å². The highest BCUT2D eigenvalue weighted by molar-refractivity contribution is 7.23. The summed E-state index contributed by atoms with van der Waals surface area (Å²) in [5.41, 5.74) is 3.29. The summed E-state index contributed by atoms with van der Waals surface area (Å²) in [6.07, 6.45) is 4.68. The van der Waals surface area contributed by atoms with Crippen LogP contribution in [0.1, 0.15) is 22.9 Å². The van der Waals surface area contributed by atoms with E-state index >= 15 is 0 Å². The summed E-state index contributed by atoms with van der Waals surface area (Å²) >= 11 is 13.6. The van der Waals surface area contributed by atoms with Gasteiger partial charge in [0.05, 0.1) is 21.5 Å². The van der Waals surface area contributed by atoms with Gasteiger partial charge < -0.3 is 5.11 Å². The molecule has 1 unspecified atom stereocenters. The van der Waals surface area contributed by atoms with Crippen molar-refractivity contribution in [2.24, 2.45) is 0 Å². The highest BCUT2D eigenvalue weighted by Crippen LogP contribution is 2.37. The third-order valence-electron chi connectivity index (χ3n) is 3.38. The van der Waals surface area contributed by atoms with Crippen LogP contribution in [0.2, 0.25) is 9.36 Å². The van der Waals surface area contributed by atoms with Crippen LogP contribution in [0.5, 0.6) is 0 Å². The summed E-state index contributed by atoms with van der Waals surface area (Å²) in [6.45, 7) is 3.60. The molecule has 2 nitrogen and oxygen atoms in total. The zero-order chi connectivity index (χ0) is 16.4. The molecule has 3 aromatic rings. The maximum Gasteiger partial charge on any atom is 0.114 e. The molecular weight excluding hydrogens is 349 g/mol. The lowest BCUT2D eigenvalue weighted by molar-refractivity contribution is 0.229. The number of hydrogen-bond donors (Lipinski definition) is 1. The lowest BCUT2D eigenvalue weighted by Gasteiger charge is -2.05. The van der Waals surface area contributed by atoms with Crippen LogP contribution >= 0.6 is 34.5 Å². The molecular formula is C18H13Cl2NOS. The van der Waals surface area contributed by atoms with Gasteiger partial charge in [-0.15, -0.1) is 17.9 Å². The smallest absolute Gasteiger partial charge is 0.114 e. The van der Waals surface area contributed by atoms with Crippen molar-refractivity contribution in [1.29, 1.82) is 0 Å². The summed E-state index contributed by atoms with van der Waals surface area (Å²) in [4.78, 5) is 4.53. The molecule has 0 aliphatic heterocycles. The minimum atomic E-state index is -0.662. The maximum absolute atomic E-state index is 9.81. The largest absolute Gasteiger partial charge is 0.384 e. The molecule has 23 heavy (non-hydrogen) atoms. The highest BCUT2D eigenvalue weighted by atomic mass is 35.5. The second-order valence-corrected chi connectivity index (χ2v) is 6.99. The van der Waals surface area contributed by atoms with E-state index in [1.807, 2.05) is 48.6 Å². The predicted octanol–water partition coefficient (Wildman–Crippen LogP) is 5.99. The molecule has 0 saturated carbocycles. The minimum absolute atomic E-state index is 0.498.